The highest BCUT2D eigenvalue weighted by atomic mass is 35.5. The van der Waals surface area contributed by atoms with Crippen LogP contribution in [-0.2, 0) is 6.42 Å². The maximum atomic E-state index is 12.7. The molecule has 21 heavy (non-hydrogen) atoms. The predicted octanol–water partition coefficient (Wildman–Crippen LogP) is 3.90. The van der Waals surface area contributed by atoms with E-state index in [1.165, 1.54) is 10.4 Å². The quantitative estimate of drug-likeness (QED) is 0.852. The molecule has 1 atom stereocenters. The van der Waals surface area contributed by atoms with Gasteiger partial charge in [-0.25, -0.2) is 0 Å². The van der Waals surface area contributed by atoms with Crippen molar-refractivity contribution in [2.45, 2.75) is 25.8 Å². The Morgan fingerprint density at radius 3 is 2.71 bits per heavy atom. The number of hydrogen-bond donors (Lipinski definition) is 1. The van der Waals surface area contributed by atoms with E-state index in [0.717, 1.165) is 24.9 Å². The van der Waals surface area contributed by atoms with Gasteiger partial charge in [0.05, 0.1) is 6.04 Å². The van der Waals surface area contributed by atoms with Gasteiger partial charge < -0.3 is 10.6 Å². The Labute approximate surface area is 135 Å². The summed E-state index contributed by atoms with van der Waals surface area (Å²) in [5.74, 6) is 0.105. The highest BCUT2D eigenvalue weighted by Gasteiger charge is 2.30. The number of carbonyl (C=O) groups excluding carboxylic acids is 1. The molecule has 1 unspecified atom stereocenters. The van der Waals surface area contributed by atoms with Crippen molar-refractivity contribution in [3.05, 3.63) is 51.7 Å². The smallest absolute Gasteiger partial charge is 0.254 e. The lowest BCUT2D eigenvalue weighted by atomic mass is 9.97. The first-order valence-electron chi connectivity index (χ1n) is 6.93. The van der Waals surface area contributed by atoms with Crippen LogP contribution in [0.5, 0.6) is 0 Å². The lowest BCUT2D eigenvalue weighted by molar-refractivity contribution is 0.0657. The van der Waals surface area contributed by atoms with Gasteiger partial charge >= 0.3 is 0 Å². The number of nitrogen functional groups attached to an aromatic ring is 1. The minimum Gasteiger partial charge on any atom is -0.399 e. The summed E-state index contributed by atoms with van der Waals surface area (Å²) in [5.41, 5.74) is 8.42. The van der Waals surface area contributed by atoms with E-state index >= 15 is 0 Å². The number of hydrogen-bond acceptors (Lipinski definition) is 3. The number of amides is 1. The Kier molecular flexibility index (Phi) is 4.91. The summed E-state index contributed by atoms with van der Waals surface area (Å²) in [6.45, 7) is 2.94. The van der Waals surface area contributed by atoms with Crippen LogP contribution in [0.15, 0.2) is 35.7 Å². The van der Waals surface area contributed by atoms with Gasteiger partial charge in [-0.15, -0.1) is 23.7 Å². The molecular weight excluding hydrogens is 304 g/mol. The molecule has 1 amide bonds. The summed E-state index contributed by atoms with van der Waals surface area (Å²) in [7, 11) is 0. The standard InChI is InChI=1S/C16H18N2OS.ClH/c1-2-14-13-8-10-20-15(13)7-9-18(14)16(19)11-3-5-12(17)6-4-11;/h3-6,8,10,14H,2,7,9,17H2,1H3;1H. The SMILES string of the molecule is CCC1c2ccsc2CCN1C(=O)c1ccc(N)cc1.Cl. The van der Waals surface area contributed by atoms with E-state index in [-0.39, 0.29) is 24.4 Å². The first-order chi connectivity index (χ1) is 9.70. The molecule has 0 radical (unpaired) electrons. The fourth-order valence-corrected chi connectivity index (χ4v) is 3.80. The Balaban J connectivity index is 0.00000161. The van der Waals surface area contributed by atoms with E-state index in [4.69, 9.17) is 5.73 Å². The Bertz CT molecular complexity index is 623. The summed E-state index contributed by atoms with van der Waals surface area (Å²) in [5, 5.41) is 2.13. The zero-order valence-electron chi connectivity index (χ0n) is 11.9. The zero-order chi connectivity index (χ0) is 14.1. The molecule has 2 aromatic rings. The van der Waals surface area contributed by atoms with Gasteiger partial charge in [-0.05, 0) is 54.1 Å². The van der Waals surface area contributed by atoms with Crippen LogP contribution < -0.4 is 5.73 Å². The molecule has 0 bridgehead atoms. The maximum absolute atomic E-state index is 12.7. The molecule has 0 saturated heterocycles. The summed E-state index contributed by atoms with van der Waals surface area (Å²) in [6, 6.07) is 9.56. The number of carbonyl (C=O) groups is 1. The van der Waals surface area contributed by atoms with Gasteiger partial charge in [-0.2, -0.15) is 0 Å². The van der Waals surface area contributed by atoms with Crippen molar-refractivity contribution in [3.8, 4) is 0 Å². The molecule has 2 N–H and O–H groups in total. The summed E-state index contributed by atoms with van der Waals surface area (Å²) in [6.07, 6.45) is 1.91. The van der Waals surface area contributed by atoms with Crippen LogP contribution in [0.2, 0.25) is 0 Å². The molecule has 0 spiro atoms. The zero-order valence-corrected chi connectivity index (χ0v) is 13.5. The highest BCUT2D eigenvalue weighted by molar-refractivity contribution is 7.10. The van der Waals surface area contributed by atoms with Crippen molar-refractivity contribution in [1.82, 2.24) is 4.90 Å². The van der Waals surface area contributed by atoms with Crippen LogP contribution in [-0.4, -0.2) is 17.4 Å². The normalized spacial score (nSPS) is 17.0. The highest BCUT2D eigenvalue weighted by Crippen LogP contribution is 2.35. The van der Waals surface area contributed by atoms with Gasteiger partial charge in [0.2, 0.25) is 0 Å². The van der Waals surface area contributed by atoms with E-state index in [0.29, 0.717) is 5.69 Å². The van der Waals surface area contributed by atoms with Crippen LogP contribution in [0, 0.1) is 0 Å². The number of fused-ring (bicyclic) bond motifs is 1. The second-order valence-corrected chi connectivity index (χ2v) is 6.09. The first kappa shape index (κ1) is 15.9. The molecule has 0 saturated carbocycles. The molecule has 112 valence electrons. The number of nitrogens with two attached hydrogens (primary N) is 1. The minimum atomic E-state index is 0. The first-order valence-corrected chi connectivity index (χ1v) is 7.81. The number of halogens is 1. The van der Waals surface area contributed by atoms with Crippen molar-refractivity contribution in [2.24, 2.45) is 0 Å². The average Bonchev–Trinajstić information content (AvgIpc) is 2.94. The topological polar surface area (TPSA) is 46.3 Å². The molecule has 2 heterocycles. The van der Waals surface area contributed by atoms with E-state index in [2.05, 4.69) is 18.4 Å². The van der Waals surface area contributed by atoms with Gasteiger partial charge in [-0.1, -0.05) is 6.92 Å². The van der Waals surface area contributed by atoms with Crippen LogP contribution in [0.25, 0.3) is 0 Å². The van der Waals surface area contributed by atoms with Crippen molar-refractivity contribution >= 4 is 35.3 Å². The Morgan fingerprint density at radius 2 is 2.05 bits per heavy atom. The molecule has 0 fully saturated rings. The molecule has 1 aromatic carbocycles. The van der Waals surface area contributed by atoms with Gasteiger partial charge in [0.25, 0.3) is 5.91 Å². The van der Waals surface area contributed by atoms with Crippen LogP contribution >= 0.6 is 23.7 Å². The van der Waals surface area contributed by atoms with Gasteiger partial charge in [0, 0.05) is 22.7 Å². The third-order valence-corrected chi connectivity index (χ3v) is 4.90. The van der Waals surface area contributed by atoms with E-state index in [1.54, 1.807) is 23.5 Å². The number of anilines is 1. The van der Waals surface area contributed by atoms with E-state index < -0.39 is 0 Å². The van der Waals surface area contributed by atoms with E-state index in [1.807, 2.05) is 17.0 Å². The average molecular weight is 323 g/mol. The molecular formula is C16H19ClN2OS. The summed E-state index contributed by atoms with van der Waals surface area (Å²) >= 11 is 1.80. The van der Waals surface area contributed by atoms with Crippen LogP contribution in [0.1, 0.15) is 40.2 Å². The lowest BCUT2D eigenvalue weighted by Gasteiger charge is -2.35. The number of nitrogens with zero attached hydrogens (tertiary/aromatic N) is 1. The molecule has 3 nitrogen and oxygen atoms in total. The third kappa shape index (κ3) is 2.92. The van der Waals surface area contributed by atoms with Crippen molar-refractivity contribution in [3.63, 3.8) is 0 Å². The van der Waals surface area contributed by atoms with Gasteiger partial charge in [0.1, 0.15) is 0 Å². The monoisotopic (exact) mass is 322 g/mol. The molecule has 5 heteroatoms. The van der Waals surface area contributed by atoms with Crippen LogP contribution in [0.4, 0.5) is 5.69 Å². The fourth-order valence-electron chi connectivity index (χ4n) is 2.87. The second kappa shape index (κ2) is 6.50. The Morgan fingerprint density at radius 1 is 1.33 bits per heavy atom. The van der Waals surface area contributed by atoms with Gasteiger partial charge in [-0.3, -0.25) is 4.79 Å². The number of rotatable bonds is 2. The van der Waals surface area contributed by atoms with Crippen LogP contribution in [0.3, 0.4) is 0 Å². The van der Waals surface area contributed by atoms with Crippen molar-refractivity contribution in [2.75, 3.05) is 12.3 Å². The maximum Gasteiger partial charge on any atom is 0.254 e. The molecule has 3 rings (SSSR count). The summed E-state index contributed by atoms with van der Waals surface area (Å²) < 4.78 is 0. The molecule has 1 aliphatic heterocycles. The number of benzene rings is 1. The fraction of sp³-hybridized carbons (Fsp3) is 0.312. The second-order valence-electron chi connectivity index (χ2n) is 5.09. The molecule has 1 aliphatic rings. The molecule has 1 aromatic heterocycles. The third-order valence-electron chi connectivity index (χ3n) is 3.90. The van der Waals surface area contributed by atoms with Crippen molar-refractivity contribution < 1.29 is 4.79 Å². The minimum absolute atomic E-state index is 0. The Hall–Kier alpha value is -1.52. The lowest BCUT2D eigenvalue weighted by Crippen LogP contribution is -2.39. The summed E-state index contributed by atoms with van der Waals surface area (Å²) in [4.78, 5) is 16.1. The molecule has 0 aliphatic carbocycles. The largest absolute Gasteiger partial charge is 0.399 e. The van der Waals surface area contributed by atoms with E-state index in [9.17, 15) is 4.79 Å². The van der Waals surface area contributed by atoms with Gasteiger partial charge in [0.15, 0.2) is 0 Å². The predicted molar refractivity (Wildman–Crippen MR) is 90.2 cm³/mol. The van der Waals surface area contributed by atoms with Crippen molar-refractivity contribution in [1.29, 1.82) is 0 Å². The number of thiophene rings is 1.